The normalized spacial score (nSPS) is 15.4. The number of hydrogen-bond donors (Lipinski definition) is 0. The summed E-state index contributed by atoms with van der Waals surface area (Å²) in [5.74, 6) is -35.6. The van der Waals surface area contributed by atoms with Crippen molar-refractivity contribution in [3.8, 4) is 0 Å². The van der Waals surface area contributed by atoms with E-state index in [1.807, 2.05) is 0 Å². The van der Waals surface area contributed by atoms with Gasteiger partial charge in [0.05, 0.1) is 19.4 Å². The molecule has 0 aromatic carbocycles. The highest BCUT2D eigenvalue weighted by Crippen LogP contribution is 2.60. The van der Waals surface area contributed by atoms with Crippen molar-refractivity contribution in [2.75, 3.05) is 19.4 Å². The topological polar surface area (TPSA) is 35.5 Å². The van der Waals surface area contributed by atoms with Gasteiger partial charge in [-0.25, -0.2) is 8.78 Å². The number of halogens is 12. The van der Waals surface area contributed by atoms with Crippen molar-refractivity contribution >= 4 is 7.60 Å². The van der Waals surface area contributed by atoms with E-state index in [1.165, 1.54) is 13.8 Å². The van der Waals surface area contributed by atoms with E-state index in [1.54, 1.807) is 0 Å². The van der Waals surface area contributed by atoms with Crippen LogP contribution in [0.25, 0.3) is 0 Å². The molecule has 0 unspecified atom stereocenters. The molecule has 0 N–H and O–H groups in total. The van der Waals surface area contributed by atoms with Crippen LogP contribution in [0.15, 0.2) is 0 Å². The molecule has 170 valence electrons. The van der Waals surface area contributed by atoms with E-state index < -0.39 is 69.4 Å². The van der Waals surface area contributed by atoms with Crippen molar-refractivity contribution < 1.29 is 66.3 Å². The van der Waals surface area contributed by atoms with Crippen LogP contribution in [0.4, 0.5) is 52.7 Å². The van der Waals surface area contributed by atoms with Gasteiger partial charge < -0.3 is 9.05 Å². The fourth-order valence-electron chi connectivity index (χ4n) is 1.77. The zero-order valence-corrected chi connectivity index (χ0v) is 15.0. The Balaban J connectivity index is 5.89. The molecule has 0 radical (unpaired) electrons. The highest BCUT2D eigenvalue weighted by molar-refractivity contribution is 7.53. The van der Waals surface area contributed by atoms with Crippen LogP contribution in [-0.4, -0.2) is 55.4 Å². The van der Waals surface area contributed by atoms with Crippen molar-refractivity contribution in [2.24, 2.45) is 0 Å². The molecular formula is C12H15F12O3P. The molecule has 0 fully saturated rings. The first kappa shape index (κ1) is 27.3. The Morgan fingerprint density at radius 1 is 0.750 bits per heavy atom. The summed E-state index contributed by atoms with van der Waals surface area (Å²) < 4.78 is 177. The molecule has 3 nitrogen and oxygen atoms in total. The lowest BCUT2D eigenvalue weighted by molar-refractivity contribution is -0.412. The van der Waals surface area contributed by atoms with Crippen LogP contribution in [0.2, 0.25) is 0 Å². The molecule has 0 rings (SSSR count). The first-order valence-electron chi connectivity index (χ1n) is 7.32. The lowest BCUT2D eigenvalue weighted by atomic mass is 9.93. The predicted octanol–water partition coefficient (Wildman–Crippen LogP) is 6.08. The van der Waals surface area contributed by atoms with Gasteiger partial charge in [-0.1, -0.05) is 0 Å². The molecule has 0 spiro atoms. The highest BCUT2D eigenvalue weighted by atomic mass is 31.2. The Kier molecular flexibility index (Phi) is 8.37. The van der Waals surface area contributed by atoms with E-state index in [0.717, 1.165) is 0 Å². The summed E-state index contributed by atoms with van der Waals surface area (Å²) in [4.78, 5) is 0. The highest BCUT2D eigenvalue weighted by Gasteiger charge is 2.87. The fourth-order valence-corrected chi connectivity index (χ4v) is 3.44. The minimum Gasteiger partial charge on any atom is -0.309 e. The summed E-state index contributed by atoms with van der Waals surface area (Å²) in [6, 6.07) is 0. The Labute approximate surface area is 150 Å². The minimum atomic E-state index is -7.61. The van der Waals surface area contributed by atoms with Gasteiger partial charge in [0, 0.05) is 6.42 Å². The second-order valence-corrected chi connectivity index (χ2v) is 7.46. The Bertz CT molecular complexity index is 556. The second-order valence-electron chi connectivity index (χ2n) is 5.27. The Hall–Kier alpha value is -0.690. The second kappa shape index (κ2) is 8.58. The van der Waals surface area contributed by atoms with Gasteiger partial charge in [0.2, 0.25) is 0 Å². The maximum Gasteiger partial charge on any atom is 0.384 e. The molecule has 0 aliphatic carbocycles. The van der Waals surface area contributed by atoms with Crippen molar-refractivity contribution in [2.45, 2.75) is 56.3 Å². The van der Waals surface area contributed by atoms with E-state index in [0.29, 0.717) is 0 Å². The lowest BCUT2D eigenvalue weighted by Gasteiger charge is -2.39. The van der Waals surface area contributed by atoms with Crippen molar-refractivity contribution in [3.63, 3.8) is 0 Å². The average Bonchev–Trinajstić information content (AvgIpc) is 2.52. The van der Waals surface area contributed by atoms with Crippen LogP contribution in [0.3, 0.4) is 0 Å². The third-order valence-corrected chi connectivity index (χ3v) is 5.37. The van der Waals surface area contributed by atoms with E-state index >= 15 is 0 Å². The summed E-state index contributed by atoms with van der Waals surface area (Å²) in [6.07, 6.45) is -9.76. The molecule has 0 aliphatic rings. The third kappa shape index (κ3) is 4.72. The first-order chi connectivity index (χ1) is 12.3. The van der Waals surface area contributed by atoms with Crippen molar-refractivity contribution in [1.29, 1.82) is 0 Å². The van der Waals surface area contributed by atoms with Gasteiger partial charge in [-0.05, 0) is 13.8 Å². The summed E-state index contributed by atoms with van der Waals surface area (Å²) in [5.41, 5.74) is 0. The van der Waals surface area contributed by atoms with E-state index in [-0.39, 0.29) is 0 Å². The van der Waals surface area contributed by atoms with Crippen molar-refractivity contribution in [1.82, 2.24) is 0 Å². The summed E-state index contributed by atoms with van der Waals surface area (Å²) >= 11 is 0. The molecule has 0 heterocycles. The van der Waals surface area contributed by atoms with Crippen LogP contribution < -0.4 is 0 Å². The fraction of sp³-hybridized carbons (Fsp3) is 1.00. The summed E-state index contributed by atoms with van der Waals surface area (Å²) in [5, 5.41) is 0. The quantitative estimate of drug-likeness (QED) is 0.258. The van der Waals surface area contributed by atoms with Gasteiger partial charge in [0.15, 0.2) is 0 Å². The van der Waals surface area contributed by atoms with E-state index in [4.69, 9.17) is 0 Å². The van der Waals surface area contributed by atoms with Crippen molar-refractivity contribution in [3.05, 3.63) is 0 Å². The van der Waals surface area contributed by atoms with Crippen LogP contribution in [0.5, 0.6) is 0 Å². The molecule has 0 atom stereocenters. The number of alkyl halides is 12. The zero-order chi connectivity index (χ0) is 22.8. The summed E-state index contributed by atoms with van der Waals surface area (Å²) in [7, 11) is -4.54. The number of rotatable bonds is 12. The molecule has 16 heteroatoms. The SMILES string of the molecule is CCOP(=O)(CCC(F)(F)C(F)(F)C(F)(F)C(F)(F)C(F)(F)C(F)F)OCC. The molecule has 0 saturated heterocycles. The molecule has 0 saturated carbocycles. The maximum atomic E-state index is 13.6. The minimum absolute atomic E-state index is 0.464. The molecule has 0 aromatic rings. The molecule has 28 heavy (non-hydrogen) atoms. The van der Waals surface area contributed by atoms with Gasteiger partial charge in [0.25, 0.3) is 0 Å². The van der Waals surface area contributed by atoms with Crippen LogP contribution in [-0.2, 0) is 13.6 Å². The monoisotopic (exact) mass is 466 g/mol. The average molecular weight is 466 g/mol. The third-order valence-electron chi connectivity index (χ3n) is 3.29. The Morgan fingerprint density at radius 2 is 1.14 bits per heavy atom. The van der Waals surface area contributed by atoms with Crippen LogP contribution in [0, 0.1) is 0 Å². The van der Waals surface area contributed by atoms with E-state index in [2.05, 4.69) is 9.05 Å². The molecule has 0 aromatic heterocycles. The first-order valence-corrected chi connectivity index (χ1v) is 9.05. The van der Waals surface area contributed by atoms with Gasteiger partial charge in [-0.2, -0.15) is 43.9 Å². The van der Waals surface area contributed by atoms with E-state index in [9.17, 15) is 57.3 Å². The molecule has 0 bridgehead atoms. The lowest BCUT2D eigenvalue weighted by Crippen LogP contribution is -2.68. The van der Waals surface area contributed by atoms with Gasteiger partial charge in [0.1, 0.15) is 0 Å². The smallest absolute Gasteiger partial charge is 0.309 e. The largest absolute Gasteiger partial charge is 0.384 e. The standard InChI is InChI=1S/C12H15F12O3P/c1-3-26-28(25,27-4-2)6-5-8(15,16)10(19,20)12(23,24)11(21,22)9(17,18)7(13)14/h7H,3-6H2,1-2H3. The van der Waals surface area contributed by atoms with Crippen LogP contribution >= 0.6 is 7.60 Å². The van der Waals surface area contributed by atoms with Gasteiger partial charge in [-0.3, -0.25) is 4.57 Å². The summed E-state index contributed by atoms with van der Waals surface area (Å²) in [6.45, 7) is 1.40. The predicted molar refractivity (Wildman–Crippen MR) is 71.1 cm³/mol. The Morgan fingerprint density at radius 3 is 1.46 bits per heavy atom. The molecule has 0 aliphatic heterocycles. The maximum absolute atomic E-state index is 13.6. The van der Waals surface area contributed by atoms with Crippen LogP contribution in [0.1, 0.15) is 20.3 Å². The number of hydrogen-bond acceptors (Lipinski definition) is 3. The van der Waals surface area contributed by atoms with Gasteiger partial charge in [-0.15, -0.1) is 0 Å². The van der Waals surface area contributed by atoms with Gasteiger partial charge >= 0.3 is 43.6 Å². The molecular weight excluding hydrogens is 451 g/mol. The molecule has 0 amide bonds. The zero-order valence-electron chi connectivity index (χ0n) is 14.1.